The third kappa shape index (κ3) is 1.99. The molecule has 1 aliphatic heterocycles. The molecule has 0 saturated carbocycles. The van der Waals surface area contributed by atoms with Crippen LogP contribution < -0.4 is 19.7 Å². The van der Waals surface area contributed by atoms with Gasteiger partial charge in [0, 0.05) is 18.7 Å². The fourth-order valence-electron chi connectivity index (χ4n) is 2.46. The molecule has 2 rings (SSSR count). The zero-order valence-electron chi connectivity index (χ0n) is 12.0. The van der Waals surface area contributed by atoms with Crippen LogP contribution in [0.4, 0.5) is 11.4 Å². The molecule has 5 nitrogen and oxygen atoms in total. The van der Waals surface area contributed by atoms with Crippen LogP contribution in [-0.4, -0.2) is 32.2 Å². The van der Waals surface area contributed by atoms with Gasteiger partial charge in [-0.15, -0.1) is 0 Å². The van der Waals surface area contributed by atoms with Crippen LogP contribution in [0, 0.1) is 0 Å². The third-order valence-corrected chi connectivity index (χ3v) is 3.59. The van der Waals surface area contributed by atoms with Crippen LogP contribution >= 0.6 is 0 Å². The van der Waals surface area contributed by atoms with Crippen LogP contribution in [-0.2, 0) is 4.79 Å². The van der Waals surface area contributed by atoms with Crippen molar-refractivity contribution in [1.82, 2.24) is 0 Å². The number of nitrogens with zero attached hydrogens (tertiary/aromatic N) is 1. The molecule has 0 spiro atoms. The number of nitrogens with one attached hydrogen (secondary N) is 1. The molecule has 1 heterocycles. The normalized spacial score (nSPS) is 16.7. The molecule has 1 N–H and O–H groups in total. The Morgan fingerprint density at radius 1 is 1.21 bits per heavy atom. The van der Waals surface area contributed by atoms with Gasteiger partial charge in [-0.1, -0.05) is 0 Å². The van der Waals surface area contributed by atoms with Crippen LogP contribution in [0.3, 0.4) is 0 Å². The number of ether oxygens (including phenoxy) is 2. The summed E-state index contributed by atoms with van der Waals surface area (Å²) >= 11 is 0. The summed E-state index contributed by atoms with van der Waals surface area (Å²) < 4.78 is 10.6. The number of anilines is 2. The van der Waals surface area contributed by atoms with Gasteiger partial charge < -0.3 is 19.7 Å². The second-order valence-corrected chi connectivity index (χ2v) is 4.98. The molecule has 5 heteroatoms. The maximum Gasteiger partial charge on any atom is 0.249 e. The summed E-state index contributed by atoms with van der Waals surface area (Å²) in [6.45, 7) is 6.58. The van der Waals surface area contributed by atoms with Gasteiger partial charge in [0.2, 0.25) is 5.91 Å². The molecular formula is C14H20N2O3. The third-order valence-electron chi connectivity index (χ3n) is 3.59. The van der Waals surface area contributed by atoms with Gasteiger partial charge in [-0.3, -0.25) is 4.79 Å². The van der Waals surface area contributed by atoms with Crippen molar-refractivity contribution < 1.29 is 14.3 Å². The van der Waals surface area contributed by atoms with E-state index >= 15 is 0 Å². The molecule has 0 aliphatic carbocycles. The first-order valence-electron chi connectivity index (χ1n) is 6.30. The minimum absolute atomic E-state index is 0.0194. The van der Waals surface area contributed by atoms with E-state index in [1.165, 1.54) is 0 Å². The van der Waals surface area contributed by atoms with Crippen molar-refractivity contribution in [2.75, 3.05) is 31.0 Å². The number of methoxy groups -OCH3 is 2. The van der Waals surface area contributed by atoms with Crippen LogP contribution in [0.25, 0.3) is 0 Å². The molecule has 0 saturated heterocycles. The van der Waals surface area contributed by atoms with Gasteiger partial charge in [0.1, 0.15) is 5.54 Å². The van der Waals surface area contributed by atoms with Crippen LogP contribution in [0.1, 0.15) is 20.8 Å². The van der Waals surface area contributed by atoms with E-state index in [2.05, 4.69) is 10.2 Å². The number of rotatable bonds is 3. The molecule has 0 radical (unpaired) electrons. The van der Waals surface area contributed by atoms with Gasteiger partial charge in [-0.2, -0.15) is 0 Å². The zero-order chi connectivity index (χ0) is 14.2. The number of hydrogen-bond donors (Lipinski definition) is 1. The summed E-state index contributed by atoms with van der Waals surface area (Å²) in [4.78, 5) is 14.2. The van der Waals surface area contributed by atoms with Crippen molar-refractivity contribution in [2.24, 2.45) is 0 Å². The predicted octanol–water partition coefficient (Wildman–Crippen LogP) is 2.26. The average molecular weight is 264 g/mol. The minimum atomic E-state index is -0.582. The first kappa shape index (κ1) is 13.5. The van der Waals surface area contributed by atoms with Crippen molar-refractivity contribution >= 4 is 17.3 Å². The quantitative estimate of drug-likeness (QED) is 0.909. The molecule has 19 heavy (non-hydrogen) atoms. The molecule has 0 atom stereocenters. The molecule has 1 aromatic carbocycles. The van der Waals surface area contributed by atoms with Crippen molar-refractivity contribution in [2.45, 2.75) is 26.3 Å². The number of carbonyl (C=O) groups excluding carboxylic acids is 1. The maximum atomic E-state index is 12.2. The molecule has 1 amide bonds. The Kier molecular flexibility index (Phi) is 3.30. The number of benzene rings is 1. The van der Waals surface area contributed by atoms with E-state index in [1.54, 1.807) is 20.3 Å². The molecule has 1 aromatic rings. The smallest absolute Gasteiger partial charge is 0.249 e. The minimum Gasteiger partial charge on any atom is -0.493 e. The molecule has 0 fully saturated rings. The van der Waals surface area contributed by atoms with Gasteiger partial charge >= 0.3 is 0 Å². The summed E-state index contributed by atoms with van der Waals surface area (Å²) in [5.41, 5.74) is 1.12. The Morgan fingerprint density at radius 2 is 1.79 bits per heavy atom. The number of amides is 1. The van der Waals surface area contributed by atoms with E-state index in [4.69, 9.17) is 9.47 Å². The fraction of sp³-hybridized carbons (Fsp3) is 0.500. The second-order valence-electron chi connectivity index (χ2n) is 4.98. The standard InChI is InChI=1S/C14H20N2O3/c1-6-16-10-8-12(19-5)11(18-4)7-9(10)15-13(17)14(16,2)3/h7-8H,6H2,1-5H3,(H,15,17). The van der Waals surface area contributed by atoms with E-state index in [9.17, 15) is 4.79 Å². The van der Waals surface area contributed by atoms with Crippen LogP contribution in [0.5, 0.6) is 11.5 Å². The lowest BCUT2D eigenvalue weighted by Crippen LogP contribution is -2.56. The van der Waals surface area contributed by atoms with E-state index < -0.39 is 5.54 Å². The van der Waals surface area contributed by atoms with E-state index in [-0.39, 0.29) is 5.91 Å². The SMILES string of the molecule is CCN1c2cc(OC)c(OC)cc2NC(=O)C1(C)C. The van der Waals surface area contributed by atoms with E-state index in [1.807, 2.05) is 26.8 Å². The molecule has 104 valence electrons. The highest BCUT2D eigenvalue weighted by Crippen LogP contribution is 2.43. The highest BCUT2D eigenvalue weighted by atomic mass is 16.5. The maximum absolute atomic E-state index is 12.2. The molecule has 0 unspecified atom stereocenters. The van der Waals surface area contributed by atoms with Gasteiger partial charge in [0.25, 0.3) is 0 Å². The number of hydrogen-bond acceptors (Lipinski definition) is 4. The molecule has 0 bridgehead atoms. The Hall–Kier alpha value is -1.91. The number of likely N-dealkylation sites (N-methyl/N-ethyl adjacent to an activating group) is 1. The van der Waals surface area contributed by atoms with Crippen molar-refractivity contribution in [3.63, 3.8) is 0 Å². The van der Waals surface area contributed by atoms with E-state index in [0.29, 0.717) is 11.5 Å². The van der Waals surface area contributed by atoms with Gasteiger partial charge in [-0.25, -0.2) is 0 Å². The lowest BCUT2D eigenvalue weighted by Gasteiger charge is -2.43. The molecule has 1 aliphatic rings. The average Bonchev–Trinajstić information content (AvgIpc) is 2.38. The Labute approximate surface area is 113 Å². The monoisotopic (exact) mass is 264 g/mol. The van der Waals surface area contributed by atoms with Crippen LogP contribution in [0.2, 0.25) is 0 Å². The second kappa shape index (κ2) is 4.64. The summed E-state index contributed by atoms with van der Waals surface area (Å²) in [5, 5.41) is 2.92. The Morgan fingerprint density at radius 3 is 2.32 bits per heavy atom. The van der Waals surface area contributed by atoms with Crippen molar-refractivity contribution in [3.05, 3.63) is 12.1 Å². The largest absolute Gasteiger partial charge is 0.493 e. The lowest BCUT2D eigenvalue weighted by atomic mass is 9.96. The Balaban J connectivity index is 2.60. The van der Waals surface area contributed by atoms with Crippen LogP contribution in [0.15, 0.2) is 12.1 Å². The van der Waals surface area contributed by atoms with Gasteiger partial charge in [0.05, 0.1) is 25.6 Å². The summed E-state index contributed by atoms with van der Waals surface area (Å²) in [6, 6.07) is 3.70. The zero-order valence-corrected chi connectivity index (χ0v) is 12.0. The summed E-state index contributed by atoms with van der Waals surface area (Å²) in [6.07, 6.45) is 0. The highest BCUT2D eigenvalue weighted by Gasteiger charge is 2.39. The van der Waals surface area contributed by atoms with Gasteiger partial charge in [-0.05, 0) is 20.8 Å². The van der Waals surface area contributed by atoms with Crippen molar-refractivity contribution in [1.29, 1.82) is 0 Å². The summed E-state index contributed by atoms with van der Waals surface area (Å²) in [7, 11) is 3.18. The first-order chi connectivity index (χ1) is 8.95. The highest BCUT2D eigenvalue weighted by molar-refractivity contribution is 6.06. The first-order valence-corrected chi connectivity index (χ1v) is 6.30. The topological polar surface area (TPSA) is 50.8 Å². The molecular weight excluding hydrogens is 244 g/mol. The van der Waals surface area contributed by atoms with E-state index in [0.717, 1.165) is 17.9 Å². The van der Waals surface area contributed by atoms with Crippen molar-refractivity contribution in [3.8, 4) is 11.5 Å². The number of fused-ring (bicyclic) bond motifs is 1. The fourth-order valence-corrected chi connectivity index (χ4v) is 2.46. The predicted molar refractivity (Wildman–Crippen MR) is 75.3 cm³/mol. The Bertz CT molecular complexity index is 512. The molecule has 0 aromatic heterocycles. The lowest BCUT2D eigenvalue weighted by molar-refractivity contribution is -0.120. The number of carbonyl (C=O) groups is 1. The summed E-state index contributed by atoms with van der Waals surface area (Å²) in [5.74, 6) is 1.25. The van der Waals surface area contributed by atoms with Gasteiger partial charge in [0.15, 0.2) is 11.5 Å².